The third-order valence-corrected chi connectivity index (χ3v) is 0.183. The van der Waals surface area contributed by atoms with E-state index in [-0.39, 0.29) is 88.7 Å². The number of hydrogen-bond acceptors (Lipinski definition) is 6. The molecule has 6 N–H and O–H groups in total. The van der Waals surface area contributed by atoms with Crippen molar-refractivity contribution in [3.05, 3.63) is 0 Å². The monoisotopic (exact) mass is 402 g/mol. The van der Waals surface area contributed by atoms with E-state index in [1.807, 2.05) is 0 Å². The Morgan fingerprint density at radius 3 is 0.440 bits per heavy atom. The van der Waals surface area contributed by atoms with Gasteiger partial charge in [0.2, 0.25) is 0 Å². The maximum absolute atomic E-state index is 9.10. The van der Waals surface area contributed by atoms with Gasteiger partial charge in [-0.2, -0.15) is 0 Å². The molecule has 0 saturated carbocycles. The number of carbonyl (C=O) groups is 6. The Hall–Kier alpha value is -0.180. The van der Waals surface area contributed by atoms with Gasteiger partial charge in [0.15, 0.2) is 0 Å². The van der Waals surface area contributed by atoms with Gasteiger partial charge in [0.05, 0.1) is 0 Å². The Morgan fingerprint density at radius 2 is 0.440 bits per heavy atom. The van der Waals surface area contributed by atoms with Gasteiger partial charge in [0.1, 0.15) is 0 Å². The van der Waals surface area contributed by atoms with E-state index in [0.29, 0.717) is 0 Å². The van der Waals surface area contributed by atoms with Crippen LogP contribution in [-0.2, 0) is 28.8 Å². The fraction of sp³-hybridized carbons (Fsp3) is 0.400. The molecule has 0 aromatic rings. The summed E-state index contributed by atoms with van der Waals surface area (Å²) < 4.78 is 0. The Kier molecular flexibility index (Phi) is 77.8. The van der Waals surface area contributed by atoms with Crippen LogP contribution in [0.2, 0.25) is 0 Å². The first-order valence-corrected chi connectivity index (χ1v) is 4.82. The van der Waals surface area contributed by atoms with Gasteiger partial charge in [0.25, 0.3) is 23.9 Å². The molecule has 0 aromatic heterocycles. The van der Waals surface area contributed by atoms with Crippen LogP contribution in [0, 0.1) is 0 Å². The third kappa shape index (κ3) is 777. The quantitative estimate of drug-likeness (QED) is 0.184. The molecule has 15 heteroatoms. The molecule has 0 atom stereocenters. The molecular formula is C10H21Na3O12. The second kappa shape index (κ2) is 39.1. The van der Waals surface area contributed by atoms with Crippen molar-refractivity contribution in [1.29, 1.82) is 0 Å². The van der Waals surface area contributed by atoms with Gasteiger partial charge in [-0.3, -0.25) is 19.2 Å². The molecule has 0 heterocycles. The summed E-state index contributed by atoms with van der Waals surface area (Å²) >= 11 is 0. The average molecular weight is 402 g/mol. The molecule has 0 saturated heterocycles. The number of carboxylic acids is 6. The molecule has 0 aliphatic carbocycles. The SMILES string of the molecule is CC(=O)O.CC(=O)O.CC(=O)O.CC(=O)O.O=C(O)C(=O)O.[NaH].[NaH].[NaH]. The van der Waals surface area contributed by atoms with Crippen LogP contribution in [0.25, 0.3) is 0 Å². The van der Waals surface area contributed by atoms with Crippen LogP contribution >= 0.6 is 0 Å². The van der Waals surface area contributed by atoms with E-state index < -0.39 is 35.8 Å². The standard InChI is InChI=1S/C2H2O4.4C2H4O2.3Na.3H/c3-1(4)2(5)6;4*1-2(3)4;;;;;;/h(H,3,4)(H,5,6);4*1H3,(H,3,4);;;;;;. The average Bonchev–Trinajstić information content (AvgIpc) is 2.12. The van der Waals surface area contributed by atoms with Crippen LogP contribution in [0.3, 0.4) is 0 Å². The van der Waals surface area contributed by atoms with Gasteiger partial charge in [-0.1, -0.05) is 0 Å². The van der Waals surface area contributed by atoms with Crippen LogP contribution in [-0.4, -0.2) is 155 Å². The molecule has 0 bridgehead atoms. The van der Waals surface area contributed by atoms with Gasteiger partial charge in [-0.05, 0) is 0 Å². The minimum absolute atomic E-state index is 0. The first kappa shape index (κ1) is 49.8. The van der Waals surface area contributed by atoms with Crippen molar-refractivity contribution in [3.63, 3.8) is 0 Å². The third-order valence-electron chi connectivity index (χ3n) is 0.183. The van der Waals surface area contributed by atoms with E-state index in [1.165, 1.54) is 0 Å². The van der Waals surface area contributed by atoms with Crippen molar-refractivity contribution in [2.24, 2.45) is 0 Å². The van der Waals surface area contributed by atoms with E-state index in [1.54, 1.807) is 0 Å². The van der Waals surface area contributed by atoms with Crippen molar-refractivity contribution in [2.45, 2.75) is 27.7 Å². The second-order valence-electron chi connectivity index (χ2n) is 2.69. The van der Waals surface area contributed by atoms with Crippen LogP contribution in [0.15, 0.2) is 0 Å². The normalized spacial score (nSPS) is 5.76. The maximum atomic E-state index is 9.10. The number of rotatable bonds is 0. The van der Waals surface area contributed by atoms with Crippen molar-refractivity contribution in [1.82, 2.24) is 0 Å². The zero-order chi connectivity index (χ0) is 19.5. The van der Waals surface area contributed by atoms with E-state index in [4.69, 9.17) is 59.4 Å². The molecule has 0 rings (SSSR count). The van der Waals surface area contributed by atoms with E-state index in [9.17, 15) is 0 Å². The molecule has 0 aliphatic rings. The summed E-state index contributed by atoms with van der Waals surface area (Å²) in [6, 6.07) is 0. The molecule has 12 nitrogen and oxygen atoms in total. The Balaban J connectivity index is -0.0000000236. The van der Waals surface area contributed by atoms with Crippen LogP contribution < -0.4 is 0 Å². The first-order valence-electron chi connectivity index (χ1n) is 4.82. The Bertz CT molecular complexity index is 307. The zero-order valence-corrected chi connectivity index (χ0v) is 12.1. The van der Waals surface area contributed by atoms with E-state index >= 15 is 0 Å². The summed E-state index contributed by atoms with van der Waals surface area (Å²) in [5, 5.41) is 44.4. The van der Waals surface area contributed by atoms with Gasteiger partial charge in [-0.15, -0.1) is 0 Å². The summed E-state index contributed by atoms with van der Waals surface area (Å²) in [5.41, 5.74) is 0. The summed E-state index contributed by atoms with van der Waals surface area (Å²) in [4.78, 5) is 54.2. The van der Waals surface area contributed by atoms with Crippen LogP contribution in [0.4, 0.5) is 0 Å². The predicted molar refractivity (Wildman–Crippen MR) is 90.0 cm³/mol. The van der Waals surface area contributed by atoms with Gasteiger partial charge in [-0.25, -0.2) is 9.59 Å². The van der Waals surface area contributed by atoms with Gasteiger partial charge >= 0.3 is 101 Å². The van der Waals surface area contributed by atoms with Crippen LogP contribution in [0.5, 0.6) is 0 Å². The zero-order valence-electron chi connectivity index (χ0n) is 12.1. The molecule has 0 unspecified atom stereocenters. The first-order chi connectivity index (χ1) is 9.57. The fourth-order valence-corrected chi connectivity index (χ4v) is 0. The molecule has 0 spiro atoms. The number of carboxylic acid groups (broad SMARTS) is 6. The molecule has 136 valence electrons. The Labute approximate surface area is 209 Å². The number of aliphatic carboxylic acids is 6. The summed E-state index contributed by atoms with van der Waals surface area (Å²) in [6.07, 6.45) is 0. The van der Waals surface area contributed by atoms with Gasteiger partial charge < -0.3 is 30.6 Å². The summed E-state index contributed by atoms with van der Waals surface area (Å²) in [6.45, 7) is 4.33. The van der Waals surface area contributed by atoms with Gasteiger partial charge in [0, 0.05) is 27.7 Å². The number of hydrogen-bond donors (Lipinski definition) is 6. The molecule has 0 amide bonds. The van der Waals surface area contributed by atoms with Crippen LogP contribution in [0.1, 0.15) is 27.7 Å². The molecule has 0 radical (unpaired) electrons. The Morgan fingerprint density at radius 1 is 0.400 bits per heavy atom. The predicted octanol–water partition coefficient (Wildman–Crippen LogP) is -2.43. The summed E-state index contributed by atoms with van der Waals surface area (Å²) in [7, 11) is 0. The van der Waals surface area contributed by atoms with E-state index in [0.717, 1.165) is 27.7 Å². The fourth-order valence-electron chi connectivity index (χ4n) is 0. The van der Waals surface area contributed by atoms with Crippen molar-refractivity contribution in [3.8, 4) is 0 Å². The van der Waals surface area contributed by atoms with Crippen molar-refractivity contribution < 1.29 is 59.4 Å². The molecule has 0 fully saturated rings. The van der Waals surface area contributed by atoms with Crippen molar-refractivity contribution >= 4 is 124 Å². The molecular weight excluding hydrogens is 381 g/mol. The second-order valence-corrected chi connectivity index (χ2v) is 2.69. The molecule has 0 aromatic carbocycles. The minimum atomic E-state index is -1.82. The molecule has 0 aliphatic heterocycles. The summed E-state index contributed by atoms with van der Waals surface area (Å²) in [5.74, 6) is -6.98. The molecule has 25 heavy (non-hydrogen) atoms. The topological polar surface area (TPSA) is 224 Å². The van der Waals surface area contributed by atoms with Crippen molar-refractivity contribution in [2.75, 3.05) is 0 Å². The van der Waals surface area contributed by atoms with E-state index in [2.05, 4.69) is 0 Å².